The van der Waals surface area contributed by atoms with E-state index in [2.05, 4.69) is 0 Å². The van der Waals surface area contributed by atoms with Gasteiger partial charge in [0.2, 0.25) is 0 Å². The molecule has 1 saturated heterocycles. The zero-order valence-corrected chi connectivity index (χ0v) is 12.9. The van der Waals surface area contributed by atoms with Gasteiger partial charge in [-0.3, -0.25) is 14.9 Å². The minimum Gasteiger partial charge on any atom is -0.338 e. The maximum absolute atomic E-state index is 12.4. The molecule has 0 saturated carbocycles. The van der Waals surface area contributed by atoms with Gasteiger partial charge in [0.15, 0.2) is 0 Å². The first-order chi connectivity index (χ1) is 9.40. The summed E-state index contributed by atoms with van der Waals surface area (Å²) in [5, 5.41) is 10.8. The second kappa shape index (κ2) is 6.87. The number of hydrogen-bond acceptors (Lipinski definition) is 4. The molecule has 6 nitrogen and oxygen atoms in total. The Morgan fingerprint density at radius 3 is 2.67 bits per heavy atom. The lowest BCUT2D eigenvalue weighted by Crippen LogP contribution is -2.33. The molecule has 0 radical (unpaired) electrons. The standard InChI is InChI=1S/C14H19N3O3.ClH/c1-9-7-11(3-4-13(9)17(19)20)14(18)16-6-5-12(8-16)10(2)15;/h3-4,7,10,12H,5-6,8,15H2,1-2H3;1H. The minimum absolute atomic E-state index is 0. The number of nitrogens with two attached hydrogens (primary N) is 1. The number of hydrogen-bond donors (Lipinski definition) is 1. The van der Waals surface area contributed by atoms with Crippen molar-refractivity contribution < 1.29 is 9.72 Å². The number of carbonyl (C=O) groups is 1. The molecule has 7 heteroatoms. The number of amides is 1. The highest BCUT2D eigenvalue weighted by Gasteiger charge is 2.29. The van der Waals surface area contributed by atoms with E-state index in [1.54, 1.807) is 17.9 Å². The molecule has 1 amide bonds. The van der Waals surface area contributed by atoms with Crippen LogP contribution in [0.3, 0.4) is 0 Å². The van der Waals surface area contributed by atoms with Gasteiger partial charge in [0.05, 0.1) is 4.92 Å². The summed E-state index contributed by atoms with van der Waals surface area (Å²) in [5.74, 6) is 0.254. The molecule has 21 heavy (non-hydrogen) atoms. The van der Waals surface area contributed by atoms with Crippen LogP contribution in [-0.4, -0.2) is 34.9 Å². The van der Waals surface area contributed by atoms with Gasteiger partial charge in [-0.05, 0) is 38.3 Å². The Labute approximate surface area is 129 Å². The van der Waals surface area contributed by atoms with E-state index in [0.717, 1.165) is 6.42 Å². The molecular formula is C14H20ClN3O3. The molecule has 1 heterocycles. The van der Waals surface area contributed by atoms with Crippen LogP contribution in [0.5, 0.6) is 0 Å². The topological polar surface area (TPSA) is 89.5 Å². The smallest absolute Gasteiger partial charge is 0.272 e. The van der Waals surface area contributed by atoms with Crippen molar-refractivity contribution in [2.75, 3.05) is 13.1 Å². The fourth-order valence-corrected chi connectivity index (χ4v) is 2.58. The van der Waals surface area contributed by atoms with Gasteiger partial charge >= 0.3 is 0 Å². The van der Waals surface area contributed by atoms with Crippen LogP contribution in [0.25, 0.3) is 0 Å². The third-order valence-corrected chi connectivity index (χ3v) is 3.90. The van der Waals surface area contributed by atoms with Gasteiger partial charge < -0.3 is 10.6 Å². The number of likely N-dealkylation sites (tertiary alicyclic amines) is 1. The van der Waals surface area contributed by atoms with Crippen LogP contribution in [0, 0.1) is 23.0 Å². The summed E-state index contributed by atoms with van der Waals surface area (Å²) in [6.07, 6.45) is 0.912. The summed E-state index contributed by atoms with van der Waals surface area (Å²) < 4.78 is 0. The molecule has 1 fully saturated rings. The molecule has 116 valence electrons. The predicted molar refractivity (Wildman–Crippen MR) is 82.7 cm³/mol. The van der Waals surface area contributed by atoms with Gasteiger partial charge in [-0.25, -0.2) is 0 Å². The Hall–Kier alpha value is -1.66. The number of nitrogens with zero attached hydrogens (tertiary/aromatic N) is 2. The fourth-order valence-electron chi connectivity index (χ4n) is 2.58. The van der Waals surface area contributed by atoms with Gasteiger partial charge in [-0.1, -0.05) is 0 Å². The van der Waals surface area contributed by atoms with Gasteiger partial charge in [0, 0.05) is 36.3 Å². The van der Waals surface area contributed by atoms with E-state index in [-0.39, 0.29) is 30.0 Å². The van der Waals surface area contributed by atoms with Gasteiger partial charge in [0.1, 0.15) is 0 Å². The average Bonchev–Trinajstić information content (AvgIpc) is 2.87. The number of nitro groups is 1. The Morgan fingerprint density at radius 2 is 2.19 bits per heavy atom. The first kappa shape index (κ1) is 17.4. The number of aryl methyl sites for hydroxylation is 1. The summed E-state index contributed by atoms with van der Waals surface area (Å²) in [6.45, 7) is 4.95. The van der Waals surface area contributed by atoms with Crippen LogP contribution in [0.1, 0.15) is 29.3 Å². The number of rotatable bonds is 3. The van der Waals surface area contributed by atoms with Crippen molar-refractivity contribution in [1.29, 1.82) is 0 Å². The summed E-state index contributed by atoms with van der Waals surface area (Å²) >= 11 is 0. The first-order valence-electron chi connectivity index (χ1n) is 6.70. The summed E-state index contributed by atoms with van der Waals surface area (Å²) in [5.41, 5.74) is 6.90. The quantitative estimate of drug-likeness (QED) is 0.683. The predicted octanol–water partition coefficient (Wildman–Crippen LogP) is 2.13. The highest BCUT2D eigenvalue weighted by atomic mass is 35.5. The normalized spacial score (nSPS) is 19.0. The van der Waals surface area contributed by atoms with E-state index >= 15 is 0 Å². The molecule has 2 rings (SSSR count). The molecule has 2 atom stereocenters. The van der Waals surface area contributed by atoms with Crippen LogP contribution in [0.4, 0.5) is 5.69 Å². The summed E-state index contributed by atoms with van der Waals surface area (Å²) in [7, 11) is 0. The Kier molecular flexibility index (Phi) is 5.69. The highest BCUT2D eigenvalue weighted by molar-refractivity contribution is 5.95. The van der Waals surface area contributed by atoms with E-state index in [4.69, 9.17) is 5.73 Å². The number of carbonyl (C=O) groups excluding carboxylic acids is 1. The van der Waals surface area contributed by atoms with E-state index in [1.165, 1.54) is 12.1 Å². The largest absolute Gasteiger partial charge is 0.338 e. The Morgan fingerprint density at radius 1 is 1.52 bits per heavy atom. The van der Waals surface area contributed by atoms with E-state index in [1.807, 2.05) is 6.92 Å². The van der Waals surface area contributed by atoms with Gasteiger partial charge in [-0.2, -0.15) is 0 Å². The van der Waals surface area contributed by atoms with Crippen molar-refractivity contribution in [3.05, 3.63) is 39.4 Å². The molecule has 2 unspecified atom stereocenters. The second-order valence-corrected chi connectivity index (χ2v) is 5.42. The molecular weight excluding hydrogens is 294 g/mol. The van der Waals surface area contributed by atoms with Crippen molar-refractivity contribution in [2.24, 2.45) is 11.7 Å². The fraction of sp³-hybridized carbons (Fsp3) is 0.500. The minimum atomic E-state index is -0.439. The van der Waals surface area contributed by atoms with Crippen molar-refractivity contribution >= 4 is 24.0 Å². The van der Waals surface area contributed by atoms with Crippen LogP contribution in [0.15, 0.2) is 18.2 Å². The van der Waals surface area contributed by atoms with Gasteiger partial charge in [0.25, 0.3) is 11.6 Å². The second-order valence-electron chi connectivity index (χ2n) is 5.42. The summed E-state index contributed by atoms with van der Waals surface area (Å²) in [6, 6.07) is 4.57. The highest BCUT2D eigenvalue weighted by Crippen LogP contribution is 2.23. The number of benzene rings is 1. The van der Waals surface area contributed by atoms with Crippen LogP contribution < -0.4 is 5.73 Å². The third kappa shape index (κ3) is 3.71. The van der Waals surface area contributed by atoms with E-state index in [9.17, 15) is 14.9 Å². The molecule has 0 bridgehead atoms. The molecule has 0 aliphatic carbocycles. The van der Waals surface area contributed by atoms with Crippen molar-refractivity contribution in [2.45, 2.75) is 26.3 Å². The van der Waals surface area contributed by atoms with Crippen molar-refractivity contribution in [1.82, 2.24) is 4.90 Å². The lowest BCUT2D eigenvalue weighted by atomic mass is 10.0. The average molecular weight is 314 g/mol. The zero-order chi connectivity index (χ0) is 14.9. The van der Waals surface area contributed by atoms with Crippen LogP contribution >= 0.6 is 12.4 Å². The Bertz CT molecular complexity index is 548. The van der Waals surface area contributed by atoms with E-state index < -0.39 is 4.92 Å². The summed E-state index contributed by atoms with van der Waals surface area (Å²) in [4.78, 5) is 24.5. The maximum Gasteiger partial charge on any atom is 0.272 e. The van der Waals surface area contributed by atoms with Crippen LogP contribution in [0.2, 0.25) is 0 Å². The molecule has 0 aromatic heterocycles. The Balaban J connectivity index is 0.00000220. The first-order valence-corrected chi connectivity index (χ1v) is 6.70. The molecule has 2 N–H and O–H groups in total. The molecule has 1 aliphatic heterocycles. The SMILES string of the molecule is Cc1cc(C(=O)N2CCC(C(C)N)C2)ccc1[N+](=O)[O-].Cl. The monoisotopic (exact) mass is 313 g/mol. The molecule has 1 aromatic rings. The van der Waals surface area contributed by atoms with Gasteiger partial charge in [-0.15, -0.1) is 12.4 Å². The lowest BCUT2D eigenvalue weighted by Gasteiger charge is -2.18. The molecule has 0 spiro atoms. The number of nitro benzene ring substituents is 1. The molecule has 1 aromatic carbocycles. The zero-order valence-electron chi connectivity index (χ0n) is 12.1. The van der Waals surface area contributed by atoms with Crippen LogP contribution in [-0.2, 0) is 0 Å². The third-order valence-electron chi connectivity index (χ3n) is 3.90. The molecule has 1 aliphatic rings. The van der Waals surface area contributed by atoms with E-state index in [0.29, 0.717) is 30.1 Å². The lowest BCUT2D eigenvalue weighted by molar-refractivity contribution is -0.385. The van der Waals surface area contributed by atoms with Crippen molar-refractivity contribution in [3.8, 4) is 0 Å². The number of halogens is 1. The maximum atomic E-state index is 12.4. The van der Waals surface area contributed by atoms with Crippen molar-refractivity contribution in [3.63, 3.8) is 0 Å².